The van der Waals surface area contributed by atoms with E-state index in [9.17, 15) is 4.79 Å². The van der Waals surface area contributed by atoms with E-state index in [4.69, 9.17) is 0 Å². The van der Waals surface area contributed by atoms with Crippen LogP contribution in [0.15, 0.2) is 17.8 Å². The molecule has 5 nitrogen and oxygen atoms in total. The zero-order valence-electron chi connectivity index (χ0n) is 12.3. The van der Waals surface area contributed by atoms with Crippen molar-refractivity contribution in [1.82, 2.24) is 14.9 Å². The fourth-order valence-electron chi connectivity index (χ4n) is 3.25. The van der Waals surface area contributed by atoms with Gasteiger partial charge < -0.3 is 9.80 Å². The normalized spacial score (nSPS) is 22.5. The Morgan fingerprint density at radius 1 is 1.23 bits per heavy atom. The maximum Gasteiger partial charge on any atom is 0.245 e. The average Bonchev–Trinajstić information content (AvgIpc) is 3.23. The minimum absolute atomic E-state index is 0.0525. The van der Waals surface area contributed by atoms with E-state index >= 15 is 0 Å². The summed E-state index contributed by atoms with van der Waals surface area (Å²) in [6, 6.07) is 1.96. The molecule has 0 aliphatic carbocycles. The molecule has 2 aromatic heterocycles. The number of amides is 1. The van der Waals surface area contributed by atoms with Crippen LogP contribution in [0.3, 0.4) is 0 Å². The predicted molar refractivity (Wildman–Crippen MR) is 91.7 cm³/mol. The summed E-state index contributed by atoms with van der Waals surface area (Å²) in [5.74, 6) is 3.32. The van der Waals surface area contributed by atoms with Gasteiger partial charge in [0.1, 0.15) is 12.4 Å². The second-order valence-corrected chi connectivity index (χ2v) is 7.76. The lowest BCUT2D eigenvalue weighted by atomic mass is 10.2. The summed E-state index contributed by atoms with van der Waals surface area (Å²) in [5.41, 5.74) is 0.975. The third-order valence-electron chi connectivity index (χ3n) is 4.36. The van der Waals surface area contributed by atoms with E-state index < -0.39 is 0 Å². The Morgan fingerprint density at radius 2 is 2.09 bits per heavy atom. The summed E-state index contributed by atoms with van der Waals surface area (Å²) in [7, 11) is 0. The Hall–Kier alpha value is -1.34. The van der Waals surface area contributed by atoms with Crippen molar-refractivity contribution in [2.75, 3.05) is 36.0 Å². The van der Waals surface area contributed by atoms with Crippen LogP contribution in [0.25, 0.3) is 10.2 Å². The molecule has 22 heavy (non-hydrogen) atoms. The lowest BCUT2D eigenvalue weighted by Gasteiger charge is -2.32. The van der Waals surface area contributed by atoms with Crippen LogP contribution < -0.4 is 4.90 Å². The van der Waals surface area contributed by atoms with Crippen molar-refractivity contribution >= 4 is 45.0 Å². The molecule has 0 saturated carbocycles. The van der Waals surface area contributed by atoms with Gasteiger partial charge in [-0.15, -0.1) is 11.3 Å². The number of hydrogen-bond acceptors (Lipinski definition) is 6. The Bertz CT molecular complexity index is 683. The van der Waals surface area contributed by atoms with Crippen molar-refractivity contribution < 1.29 is 4.79 Å². The van der Waals surface area contributed by atoms with Crippen LogP contribution in [0, 0.1) is 0 Å². The smallest absolute Gasteiger partial charge is 0.245 e. The van der Waals surface area contributed by atoms with E-state index in [0.29, 0.717) is 0 Å². The van der Waals surface area contributed by atoms with Gasteiger partial charge in [-0.05, 0) is 24.3 Å². The van der Waals surface area contributed by atoms with E-state index in [1.807, 2.05) is 28.1 Å². The maximum atomic E-state index is 12.9. The van der Waals surface area contributed by atoms with E-state index in [1.165, 1.54) is 0 Å². The molecule has 1 atom stereocenters. The van der Waals surface area contributed by atoms with Crippen molar-refractivity contribution in [3.8, 4) is 0 Å². The lowest BCUT2D eigenvalue weighted by molar-refractivity contribution is -0.132. The molecule has 2 fully saturated rings. The van der Waals surface area contributed by atoms with Gasteiger partial charge >= 0.3 is 0 Å². The molecule has 7 heteroatoms. The number of thioether (sulfide) groups is 1. The first-order chi connectivity index (χ1) is 10.8. The number of fused-ring (bicyclic) bond motifs is 1. The molecule has 2 aliphatic heterocycles. The summed E-state index contributed by atoms with van der Waals surface area (Å²) in [4.78, 5) is 25.9. The van der Waals surface area contributed by atoms with E-state index in [-0.39, 0.29) is 11.9 Å². The largest absolute Gasteiger partial charge is 0.343 e. The van der Waals surface area contributed by atoms with Crippen LogP contribution >= 0.6 is 23.1 Å². The van der Waals surface area contributed by atoms with Crippen LogP contribution in [0.2, 0.25) is 0 Å². The number of nitrogens with zero attached hydrogens (tertiary/aromatic N) is 4. The third kappa shape index (κ3) is 2.46. The molecular weight excluding hydrogens is 316 g/mol. The SMILES string of the molecule is O=C([C@H]1CCCN1c1ncnc2ccsc12)N1CCSCC1. The molecule has 0 unspecified atom stereocenters. The molecule has 116 valence electrons. The number of hydrogen-bond donors (Lipinski definition) is 0. The minimum Gasteiger partial charge on any atom is -0.343 e. The molecule has 2 saturated heterocycles. The topological polar surface area (TPSA) is 49.3 Å². The number of thiophene rings is 1. The van der Waals surface area contributed by atoms with Crippen molar-refractivity contribution in [3.05, 3.63) is 17.8 Å². The molecule has 4 rings (SSSR count). The van der Waals surface area contributed by atoms with Crippen molar-refractivity contribution in [2.45, 2.75) is 18.9 Å². The van der Waals surface area contributed by atoms with Gasteiger partial charge in [-0.3, -0.25) is 4.79 Å². The van der Waals surface area contributed by atoms with Crippen LogP contribution in [-0.2, 0) is 4.79 Å². The van der Waals surface area contributed by atoms with Crippen molar-refractivity contribution in [2.24, 2.45) is 0 Å². The molecule has 1 amide bonds. The van der Waals surface area contributed by atoms with Crippen LogP contribution in [-0.4, -0.2) is 58.0 Å². The van der Waals surface area contributed by atoms with Crippen molar-refractivity contribution in [3.63, 3.8) is 0 Å². The lowest BCUT2D eigenvalue weighted by Crippen LogP contribution is -2.48. The van der Waals surface area contributed by atoms with E-state index in [1.54, 1.807) is 17.7 Å². The molecule has 2 aromatic rings. The molecule has 4 heterocycles. The summed E-state index contributed by atoms with van der Waals surface area (Å²) < 4.78 is 1.09. The second kappa shape index (κ2) is 6.04. The second-order valence-electron chi connectivity index (χ2n) is 5.62. The van der Waals surface area contributed by atoms with Gasteiger partial charge in [-0.2, -0.15) is 11.8 Å². The first kappa shape index (κ1) is 14.3. The highest BCUT2D eigenvalue weighted by atomic mass is 32.2. The molecule has 0 N–H and O–H groups in total. The minimum atomic E-state index is -0.0525. The summed E-state index contributed by atoms with van der Waals surface area (Å²) in [6.07, 6.45) is 3.59. The van der Waals surface area contributed by atoms with E-state index in [2.05, 4.69) is 14.9 Å². The van der Waals surface area contributed by atoms with Gasteiger partial charge in [0.05, 0.1) is 10.2 Å². The molecular formula is C15H18N4OS2. The zero-order valence-corrected chi connectivity index (χ0v) is 13.9. The zero-order chi connectivity index (χ0) is 14.9. The van der Waals surface area contributed by atoms with Gasteiger partial charge in [-0.1, -0.05) is 0 Å². The summed E-state index contributed by atoms with van der Waals surface area (Å²) in [6.45, 7) is 2.67. The maximum absolute atomic E-state index is 12.9. The van der Waals surface area contributed by atoms with Gasteiger partial charge in [0, 0.05) is 31.1 Å². The van der Waals surface area contributed by atoms with Gasteiger partial charge in [0.2, 0.25) is 5.91 Å². The molecule has 0 bridgehead atoms. The average molecular weight is 334 g/mol. The first-order valence-corrected chi connectivity index (χ1v) is 9.69. The van der Waals surface area contributed by atoms with Crippen LogP contribution in [0.4, 0.5) is 5.82 Å². The number of rotatable bonds is 2. The first-order valence-electron chi connectivity index (χ1n) is 7.66. The fraction of sp³-hybridized carbons (Fsp3) is 0.533. The third-order valence-corrected chi connectivity index (χ3v) is 6.20. The van der Waals surface area contributed by atoms with Crippen LogP contribution in [0.5, 0.6) is 0 Å². The standard InChI is InChI=1S/C15H18N4OS2/c20-15(18-5-8-21-9-6-18)12-2-1-4-19(12)14-13-11(3-7-22-13)16-10-17-14/h3,7,10,12H,1-2,4-6,8-9H2/t12-/m1/s1. The Labute approximate surface area is 137 Å². The number of anilines is 1. The summed E-state index contributed by atoms with van der Waals surface area (Å²) >= 11 is 3.59. The Kier molecular flexibility index (Phi) is 3.92. The Balaban J connectivity index is 1.63. The number of carbonyl (C=O) groups excluding carboxylic acids is 1. The van der Waals surface area contributed by atoms with Gasteiger partial charge in [-0.25, -0.2) is 9.97 Å². The molecule has 0 spiro atoms. The quantitative estimate of drug-likeness (QED) is 0.843. The van der Waals surface area contributed by atoms with Crippen LogP contribution in [0.1, 0.15) is 12.8 Å². The van der Waals surface area contributed by atoms with Crippen molar-refractivity contribution in [1.29, 1.82) is 0 Å². The van der Waals surface area contributed by atoms with Gasteiger partial charge in [0.15, 0.2) is 5.82 Å². The molecule has 2 aliphatic rings. The highest BCUT2D eigenvalue weighted by molar-refractivity contribution is 7.99. The monoisotopic (exact) mass is 334 g/mol. The van der Waals surface area contributed by atoms with Gasteiger partial charge in [0.25, 0.3) is 0 Å². The number of carbonyl (C=O) groups is 1. The van der Waals surface area contributed by atoms with E-state index in [0.717, 1.165) is 60.0 Å². The number of aromatic nitrogens is 2. The summed E-state index contributed by atoms with van der Waals surface area (Å²) in [5, 5.41) is 2.04. The Morgan fingerprint density at radius 3 is 2.95 bits per heavy atom. The molecule has 0 aromatic carbocycles. The molecule has 0 radical (unpaired) electrons. The highest BCUT2D eigenvalue weighted by Crippen LogP contribution is 2.33. The highest BCUT2D eigenvalue weighted by Gasteiger charge is 2.35. The fourth-order valence-corrected chi connectivity index (χ4v) is 5.00. The predicted octanol–water partition coefficient (Wildman–Crippen LogP) is 2.24.